The molecule has 0 saturated carbocycles. The van der Waals surface area contributed by atoms with Gasteiger partial charge in [0.25, 0.3) is 5.91 Å². The summed E-state index contributed by atoms with van der Waals surface area (Å²) in [5.41, 5.74) is 2.45. The summed E-state index contributed by atoms with van der Waals surface area (Å²) in [5.74, 6) is -0.0645. The van der Waals surface area contributed by atoms with Gasteiger partial charge in [-0.1, -0.05) is 0 Å². The van der Waals surface area contributed by atoms with Crippen molar-refractivity contribution in [3.8, 4) is 0 Å². The maximum absolute atomic E-state index is 12.3. The van der Waals surface area contributed by atoms with Crippen molar-refractivity contribution in [2.24, 2.45) is 0 Å². The number of hydroxylamine groups is 2. The molecule has 1 aromatic carbocycles. The lowest BCUT2D eigenvalue weighted by Gasteiger charge is -2.26. The standard InChI is InChI=1S/C14H16N2O3/c17-13-6-4-10-9-11(3-5-12(10)15-13)14(18)16-7-1-2-8-19-16/h3,5,9H,1-2,4,6-8H2,(H,15,17). The van der Waals surface area contributed by atoms with Crippen LogP contribution in [0.15, 0.2) is 18.2 Å². The van der Waals surface area contributed by atoms with Crippen LogP contribution in [0.5, 0.6) is 0 Å². The zero-order chi connectivity index (χ0) is 13.2. The number of nitrogens with one attached hydrogen (secondary N) is 1. The van der Waals surface area contributed by atoms with Crippen LogP contribution in [0.2, 0.25) is 0 Å². The molecular formula is C14H16N2O3. The Morgan fingerprint density at radius 1 is 1.26 bits per heavy atom. The first-order valence-electron chi connectivity index (χ1n) is 6.61. The highest BCUT2D eigenvalue weighted by Crippen LogP contribution is 2.24. The predicted molar refractivity (Wildman–Crippen MR) is 69.6 cm³/mol. The van der Waals surface area contributed by atoms with Crippen molar-refractivity contribution in [1.82, 2.24) is 5.06 Å². The van der Waals surface area contributed by atoms with E-state index in [1.807, 2.05) is 6.07 Å². The molecule has 0 unspecified atom stereocenters. The largest absolute Gasteiger partial charge is 0.326 e. The topological polar surface area (TPSA) is 58.6 Å². The summed E-state index contributed by atoms with van der Waals surface area (Å²) in [6, 6.07) is 5.39. The van der Waals surface area contributed by atoms with Gasteiger partial charge in [0.1, 0.15) is 0 Å². The molecule has 0 aromatic heterocycles. The van der Waals surface area contributed by atoms with Crippen LogP contribution in [0.25, 0.3) is 0 Å². The molecule has 0 radical (unpaired) electrons. The molecule has 0 aliphatic carbocycles. The van der Waals surface area contributed by atoms with Crippen LogP contribution in [-0.2, 0) is 16.1 Å². The number of carbonyl (C=O) groups excluding carboxylic acids is 2. The van der Waals surface area contributed by atoms with Gasteiger partial charge in [0.2, 0.25) is 5.91 Å². The van der Waals surface area contributed by atoms with Gasteiger partial charge in [0, 0.05) is 24.2 Å². The molecule has 1 saturated heterocycles. The predicted octanol–water partition coefficient (Wildman–Crippen LogP) is 1.74. The number of anilines is 1. The second-order valence-electron chi connectivity index (χ2n) is 4.87. The Morgan fingerprint density at radius 3 is 2.95 bits per heavy atom. The van der Waals surface area contributed by atoms with E-state index in [1.165, 1.54) is 5.06 Å². The molecular weight excluding hydrogens is 244 g/mol. The van der Waals surface area contributed by atoms with Crippen molar-refractivity contribution in [2.75, 3.05) is 18.5 Å². The Labute approximate surface area is 111 Å². The van der Waals surface area contributed by atoms with E-state index in [0.717, 1.165) is 24.1 Å². The number of aryl methyl sites for hydroxylation is 1. The summed E-state index contributed by atoms with van der Waals surface area (Å²) in [5, 5.41) is 4.25. The van der Waals surface area contributed by atoms with E-state index in [0.29, 0.717) is 31.6 Å². The second-order valence-corrected chi connectivity index (χ2v) is 4.87. The molecule has 2 aliphatic heterocycles. The summed E-state index contributed by atoms with van der Waals surface area (Å²) < 4.78 is 0. The maximum atomic E-state index is 12.3. The molecule has 3 rings (SSSR count). The molecule has 2 aliphatic rings. The molecule has 1 N–H and O–H groups in total. The van der Waals surface area contributed by atoms with Crippen LogP contribution >= 0.6 is 0 Å². The fourth-order valence-electron chi connectivity index (χ4n) is 2.42. The lowest BCUT2D eigenvalue weighted by atomic mass is 10.00. The average Bonchev–Trinajstić information content (AvgIpc) is 2.47. The summed E-state index contributed by atoms with van der Waals surface area (Å²) in [6.45, 7) is 1.25. The molecule has 2 amide bonds. The third-order valence-electron chi connectivity index (χ3n) is 3.48. The summed E-state index contributed by atoms with van der Waals surface area (Å²) in [4.78, 5) is 28.9. The van der Waals surface area contributed by atoms with E-state index >= 15 is 0 Å². The number of amides is 2. The fraction of sp³-hybridized carbons (Fsp3) is 0.429. The SMILES string of the molecule is O=C1CCc2cc(C(=O)N3CCCCO3)ccc2N1. The number of nitrogens with zero attached hydrogens (tertiary/aromatic N) is 1. The molecule has 2 heterocycles. The Bertz CT molecular complexity index is 521. The second kappa shape index (κ2) is 5.01. The summed E-state index contributed by atoms with van der Waals surface area (Å²) in [7, 11) is 0. The van der Waals surface area contributed by atoms with E-state index in [4.69, 9.17) is 4.84 Å². The molecule has 0 bridgehead atoms. The van der Waals surface area contributed by atoms with Crippen LogP contribution in [0.1, 0.15) is 35.2 Å². The van der Waals surface area contributed by atoms with E-state index in [2.05, 4.69) is 5.32 Å². The van der Waals surface area contributed by atoms with Crippen molar-refractivity contribution >= 4 is 17.5 Å². The highest BCUT2D eigenvalue weighted by atomic mass is 16.7. The van der Waals surface area contributed by atoms with Gasteiger partial charge in [0.05, 0.1) is 6.61 Å². The van der Waals surface area contributed by atoms with E-state index in [1.54, 1.807) is 12.1 Å². The lowest BCUT2D eigenvalue weighted by molar-refractivity contribution is -0.144. The number of rotatable bonds is 1. The van der Waals surface area contributed by atoms with Crippen molar-refractivity contribution in [3.63, 3.8) is 0 Å². The van der Waals surface area contributed by atoms with Gasteiger partial charge in [-0.3, -0.25) is 14.4 Å². The lowest BCUT2D eigenvalue weighted by Crippen LogP contribution is -2.35. The van der Waals surface area contributed by atoms with E-state index in [9.17, 15) is 9.59 Å². The summed E-state index contributed by atoms with van der Waals surface area (Å²) >= 11 is 0. The van der Waals surface area contributed by atoms with Crippen molar-refractivity contribution < 1.29 is 14.4 Å². The van der Waals surface area contributed by atoms with Gasteiger partial charge in [-0.15, -0.1) is 0 Å². The van der Waals surface area contributed by atoms with Crippen molar-refractivity contribution in [3.05, 3.63) is 29.3 Å². The first-order chi connectivity index (χ1) is 9.24. The van der Waals surface area contributed by atoms with Gasteiger partial charge in [0.15, 0.2) is 0 Å². The molecule has 5 nitrogen and oxygen atoms in total. The van der Waals surface area contributed by atoms with Gasteiger partial charge in [-0.2, -0.15) is 0 Å². The Balaban J connectivity index is 1.81. The zero-order valence-electron chi connectivity index (χ0n) is 10.6. The monoisotopic (exact) mass is 260 g/mol. The molecule has 0 spiro atoms. The number of carbonyl (C=O) groups is 2. The number of fused-ring (bicyclic) bond motifs is 1. The number of hydrogen-bond donors (Lipinski definition) is 1. The smallest absolute Gasteiger partial charge is 0.277 e. The molecule has 19 heavy (non-hydrogen) atoms. The molecule has 100 valence electrons. The third kappa shape index (κ3) is 2.46. The van der Waals surface area contributed by atoms with Gasteiger partial charge < -0.3 is 5.32 Å². The van der Waals surface area contributed by atoms with E-state index < -0.39 is 0 Å². The molecule has 1 aromatic rings. The van der Waals surface area contributed by atoms with Gasteiger partial charge in [-0.25, -0.2) is 5.06 Å². The number of hydrogen-bond acceptors (Lipinski definition) is 3. The molecule has 1 fully saturated rings. The minimum absolute atomic E-state index is 0.0333. The molecule has 0 atom stereocenters. The van der Waals surface area contributed by atoms with Crippen LogP contribution in [0.3, 0.4) is 0 Å². The van der Waals surface area contributed by atoms with Crippen LogP contribution < -0.4 is 5.32 Å². The Hall–Kier alpha value is -1.88. The van der Waals surface area contributed by atoms with Crippen molar-refractivity contribution in [1.29, 1.82) is 0 Å². The Morgan fingerprint density at radius 2 is 2.16 bits per heavy atom. The quantitative estimate of drug-likeness (QED) is 0.836. The number of benzene rings is 1. The van der Waals surface area contributed by atoms with E-state index in [-0.39, 0.29) is 11.8 Å². The zero-order valence-corrected chi connectivity index (χ0v) is 10.6. The highest BCUT2D eigenvalue weighted by molar-refractivity contribution is 5.97. The van der Waals surface area contributed by atoms with Gasteiger partial charge >= 0.3 is 0 Å². The first kappa shape index (κ1) is 12.2. The molecule has 5 heteroatoms. The first-order valence-corrected chi connectivity index (χ1v) is 6.61. The van der Waals surface area contributed by atoms with Gasteiger partial charge in [-0.05, 0) is 43.0 Å². The van der Waals surface area contributed by atoms with Crippen molar-refractivity contribution in [2.45, 2.75) is 25.7 Å². The minimum Gasteiger partial charge on any atom is -0.326 e. The minimum atomic E-state index is -0.0978. The van der Waals surface area contributed by atoms with Crippen LogP contribution in [0, 0.1) is 0 Å². The van der Waals surface area contributed by atoms with Crippen LogP contribution in [-0.4, -0.2) is 30.0 Å². The summed E-state index contributed by atoms with van der Waals surface area (Å²) in [6.07, 6.45) is 3.14. The maximum Gasteiger partial charge on any atom is 0.277 e. The third-order valence-corrected chi connectivity index (χ3v) is 3.48. The highest BCUT2D eigenvalue weighted by Gasteiger charge is 2.22. The fourth-order valence-corrected chi connectivity index (χ4v) is 2.42. The normalized spacial score (nSPS) is 18.7. The average molecular weight is 260 g/mol. The Kier molecular flexibility index (Phi) is 3.21. The van der Waals surface area contributed by atoms with Crippen LogP contribution in [0.4, 0.5) is 5.69 Å².